The van der Waals surface area contributed by atoms with E-state index in [4.69, 9.17) is 4.74 Å². The second kappa shape index (κ2) is 7.87. The number of rotatable bonds is 6. The van der Waals surface area contributed by atoms with Crippen molar-refractivity contribution >= 4 is 22.8 Å². The zero-order valence-corrected chi connectivity index (χ0v) is 15.7. The van der Waals surface area contributed by atoms with E-state index in [0.717, 1.165) is 38.8 Å². The molecule has 0 spiro atoms. The van der Waals surface area contributed by atoms with Crippen molar-refractivity contribution in [3.63, 3.8) is 0 Å². The lowest BCUT2D eigenvalue weighted by Crippen LogP contribution is -2.32. The standard InChI is InChI=1S/C19H23FN6O2/c1-2-3-8-28-16-10-14-13(9-12(16)20)22-18(23-14)17-15(11-21-25-17)24-19(27)26-6-4-5-7-26/h9-11H,2-8H2,1H3,(H,21,25)(H,22,23)(H,24,27). The molecule has 0 atom stereocenters. The zero-order valence-electron chi connectivity index (χ0n) is 15.7. The Labute approximate surface area is 161 Å². The van der Waals surface area contributed by atoms with Crippen molar-refractivity contribution in [2.75, 3.05) is 25.0 Å². The van der Waals surface area contributed by atoms with Gasteiger partial charge in [-0.05, 0) is 19.3 Å². The molecule has 0 aliphatic carbocycles. The van der Waals surface area contributed by atoms with Crippen LogP contribution in [0.5, 0.6) is 5.75 Å². The van der Waals surface area contributed by atoms with Crippen LogP contribution >= 0.6 is 0 Å². The normalized spacial score (nSPS) is 14.0. The summed E-state index contributed by atoms with van der Waals surface area (Å²) in [6, 6.07) is 2.79. The highest BCUT2D eigenvalue weighted by Gasteiger charge is 2.21. The Hall–Kier alpha value is -3.10. The number of hydrogen-bond acceptors (Lipinski definition) is 4. The third-order valence-corrected chi connectivity index (χ3v) is 4.80. The number of benzene rings is 1. The second-order valence-corrected chi connectivity index (χ2v) is 6.87. The van der Waals surface area contributed by atoms with Gasteiger partial charge in [0.15, 0.2) is 17.4 Å². The number of hydrogen-bond donors (Lipinski definition) is 3. The maximum Gasteiger partial charge on any atom is 0.321 e. The molecule has 8 nitrogen and oxygen atoms in total. The highest BCUT2D eigenvalue weighted by molar-refractivity contribution is 5.93. The minimum absolute atomic E-state index is 0.158. The highest BCUT2D eigenvalue weighted by Crippen LogP contribution is 2.29. The predicted molar refractivity (Wildman–Crippen MR) is 104 cm³/mol. The number of carbonyl (C=O) groups is 1. The zero-order chi connectivity index (χ0) is 19.5. The van der Waals surface area contributed by atoms with Crippen LogP contribution in [0.1, 0.15) is 32.6 Å². The van der Waals surface area contributed by atoms with E-state index < -0.39 is 5.82 Å². The van der Waals surface area contributed by atoms with Crippen molar-refractivity contribution in [2.45, 2.75) is 32.6 Å². The number of anilines is 1. The van der Waals surface area contributed by atoms with E-state index in [-0.39, 0.29) is 11.8 Å². The van der Waals surface area contributed by atoms with E-state index >= 15 is 0 Å². The van der Waals surface area contributed by atoms with E-state index in [1.54, 1.807) is 11.0 Å². The fraction of sp³-hybridized carbons (Fsp3) is 0.421. The van der Waals surface area contributed by atoms with Crippen molar-refractivity contribution in [1.29, 1.82) is 0 Å². The molecule has 0 radical (unpaired) electrons. The summed E-state index contributed by atoms with van der Waals surface area (Å²) in [6.45, 7) is 4.02. The Balaban J connectivity index is 1.57. The molecular formula is C19H23FN6O2. The first-order valence-corrected chi connectivity index (χ1v) is 9.57. The van der Waals surface area contributed by atoms with E-state index in [1.807, 2.05) is 6.92 Å². The van der Waals surface area contributed by atoms with Crippen LogP contribution in [0.2, 0.25) is 0 Å². The van der Waals surface area contributed by atoms with Gasteiger partial charge in [-0.2, -0.15) is 5.10 Å². The van der Waals surface area contributed by atoms with Crippen LogP contribution in [-0.2, 0) is 0 Å². The van der Waals surface area contributed by atoms with Gasteiger partial charge in [0, 0.05) is 25.2 Å². The average molecular weight is 386 g/mol. The first kappa shape index (κ1) is 18.3. The lowest BCUT2D eigenvalue weighted by Gasteiger charge is -2.15. The fourth-order valence-corrected chi connectivity index (χ4v) is 3.24. The Kier molecular flexibility index (Phi) is 5.14. The van der Waals surface area contributed by atoms with Crippen molar-refractivity contribution in [3.8, 4) is 17.3 Å². The molecule has 4 rings (SSSR count). The average Bonchev–Trinajstić information content (AvgIpc) is 3.42. The molecule has 3 aromatic rings. The number of H-pyrrole nitrogens is 2. The molecule has 0 bridgehead atoms. The molecule has 2 aromatic heterocycles. The number of halogens is 1. The van der Waals surface area contributed by atoms with Crippen LogP contribution in [0.4, 0.5) is 14.9 Å². The minimum Gasteiger partial charge on any atom is -0.490 e. The number of urea groups is 1. The molecule has 1 aromatic carbocycles. The summed E-state index contributed by atoms with van der Waals surface area (Å²) in [6.07, 6.45) is 5.41. The minimum atomic E-state index is -0.439. The summed E-state index contributed by atoms with van der Waals surface area (Å²) in [5.41, 5.74) is 2.18. The number of aromatic amines is 2. The van der Waals surface area contributed by atoms with Gasteiger partial charge in [0.2, 0.25) is 0 Å². The molecule has 3 N–H and O–H groups in total. The molecule has 2 amide bonds. The van der Waals surface area contributed by atoms with Crippen molar-refractivity contribution in [1.82, 2.24) is 25.1 Å². The number of ether oxygens (including phenoxy) is 1. The van der Waals surface area contributed by atoms with Gasteiger partial charge in [0.25, 0.3) is 0 Å². The third kappa shape index (κ3) is 3.64. The number of likely N-dealkylation sites (tertiary alicyclic amines) is 1. The molecular weight excluding hydrogens is 363 g/mol. The fourth-order valence-electron chi connectivity index (χ4n) is 3.24. The van der Waals surface area contributed by atoms with Crippen LogP contribution < -0.4 is 10.1 Å². The summed E-state index contributed by atoms with van der Waals surface area (Å²) in [4.78, 5) is 21.7. The lowest BCUT2D eigenvalue weighted by molar-refractivity contribution is 0.222. The number of nitrogens with one attached hydrogen (secondary N) is 3. The molecule has 1 fully saturated rings. The quantitative estimate of drug-likeness (QED) is 0.560. The summed E-state index contributed by atoms with van der Waals surface area (Å²) in [5, 5.41) is 9.73. The molecule has 9 heteroatoms. The van der Waals surface area contributed by atoms with Crippen LogP contribution in [0.25, 0.3) is 22.6 Å². The Morgan fingerprint density at radius 2 is 2.18 bits per heavy atom. The molecule has 1 aliphatic heterocycles. The number of nitrogens with zero attached hydrogens (tertiary/aromatic N) is 3. The number of amides is 2. The van der Waals surface area contributed by atoms with Gasteiger partial charge in [-0.25, -0.2) is 14.2 Å². The Morgan fingerprint density at radius 3 is 2.96 bits per heavy atom. The first-order valence-electron chi connectivity index (χ1n) is 9.57. The van der Waals surface area contributed by atoms with Gasteiger partial charge in [-0.15, -0.1) is 0 Å². The van der Waals surface area contributed by atoms with Crippen LogP contribution in [0.3, 0.4) is 0 Å². The van der Waals surface area contributed by atoms with E-state index in [0.29, 0.717) is 34.8 Å². The smallest absolute Gasteiger partial charge is 0.321 e. The third-order valence-electron chi connectivity index (χ3n) is 4.80. The summed E-state index contributed by atoms with van der Waals surface area (Å²) in [5.74, 6) is 0.214. The van der Waals surface area contributed by atoms with Crippen LogP contribution in [-0.4, -0.2) is 50.8 Å². The van der Waals surface area contributed by atoms with Gasteiger partial charge < -0.3 is 19.9 Å². The van der Waals surface area contributed by atoms with E-state index in [2.05, 4.69) is 25.5 Å². The Morgan fingerprint density at radius 1 is 1.36 bits per heavy atom. The van der Waals surface area contributed by atoms with Gasteiger partial charge >= 0.3 is 6.03 Å². The lowest BCUT2D eigenvalue weighted by atomic mass is 10.3. The second-order valence-electron chi connectivity index (χ2n) is 6.87. The van der Waals surface area contributed by atoms with Crippen molar-refractivity contribution in [3.05, 3.63) is 24.1 Å². The SMILES string of the molecule is CCCCOc1cc2nc(-c3[nH]ncc3NC(=O)N3CCCC3)[nH]c2cc1F. The molecule has 1 saturated heterocycles. The predicted octanol–water partition coefficient (Wildman–Crippen LogP) is 3.90. The summed E-state index contributed by atoms with van der Waals surface area (Å²) >= 11 is 0. The highest BCUT2D eigenvalue weighted by atomic mass is 19.1. The van der Waals surface area contributed by atoms with Gasteiger partial charge in [-0.1, -0.05) is 13.3 Å². The largest absolute Gasteiger partial charge is 0.490 e. The summed E-state index contributed by atoms with van der Waals surface area (Å²) in [7, 11) is 0. The van der Waals surface area contributed by atoms with Gasteiger partial charge in [0.05, 0.1) is 29.5 Å². The molecule has 3 heterocycles. The first-order chi connectivity index (χ1) is 13.7. The monoisotopic (exact) mass is 386 g/mol. The maximum absolute atomic E-state index is 14.3. The van der Waals surface area contributed by atoms with E-state index in [1.165, 1.54) is 12.3 Å². The number of fused-ring (bicyclic) bond motifs is 1. The number of imidazole rings is 1. The Bertz CT molecular complexity index is 976. The molecule has 148 valence electrons. The van der Waals surface area contributed by atoms with Crippen LogP contribution in [0.15, 0.2) is 18.3 Å². The topological polar surface area (TPSA) is 98.9 Å². The number of aromatic nitrogens is 4. The van der Waals surface area contributed by atoms with E-state index in [9.17, 15) is 9.18 Å². The molecule has 0 unspecified atom stereocenters. The van der Waals surface area contributed by atoms with Gasteiger partial charge in [-0.3, -0.25) is 5.10 Å². The van der Waals surface area contributed by atoms with Crippen molar-refractivity contribution in [2.24, 2.45) is 0 Å². The summed E-state index contributed by atoms with van der Waals surface area (Å²) < 4.78 is 19.8. The number of unbranched alkanes of at least 4 members (excludes halogenated alkanes) is 1. The van der Waals surface area contributed by atoms with Gasteiger partial charge in [0.1, 0.15) is 5.69 Å². The molecule has 1 aliphatic rings. The molecule has 0 saturated carbocycles. The molecule has 28 heavy (non-hydrogen) atoms. The van der Waals surface area contributed by atoms with Crippen molar-refractivity contribution < 1.29 is 13.9 Å². The number of carbonyl (C=O) groups excluding carboxylic acids is 1. The van der Waals surface area contributed by atoms with Crippen LogP contribution in [0, 0.1) is 5.82 Å². The maximum atomic E-state index is 14.3.